The summed E-state index contributed by atoms with van der Waals surface area (Å²) >= 11 is 0. The minimum atomic E-state index is -3.65. The molecule has 0 N–H and O–H groups in total. The number of hydrogen-bond donors (Lipinski definition) is 0. The first-order valence-electron chi connectivity index (χ1n) is 14.7. The van der Waals surface area contributed by atoms with E-state index in [1.165, 1.54) is 44.1 Å². The molecule has 2 aliphatic heterocycles. The van der Waals surface area contributed by atoms with Gasteiger partial charge in [-0.15, -0.1) is 0 Å². The van der Waals surface area contributed by atoms with Crippen molar-refractivity contribution in [2.24, 2.45) is 0 Å². The molecular formula is C31H45N3O4S. The summed E-state index contributed by atoms with van der Waals surface area (Å²) in [5.74, 6) is 0.881. The van der Waals surface area contributed by atoms with Gasteiger partial charge in [0.25, 0.3) is 0 Å². The van der Waals surface area contributed by atoms with Gasteiger partial charge < -0.3 is 14.5 Å². The van der Waals surface area contributed by atoms with Crippen molar-refractivity contribution in [3.05, 3.63) is 53.6 Å². The lowest BCUT2D eigenvalue weighted by Gasteiger charge is -2.37. The molecule has 2 aliphatic rings. The minimum Gasteiger partial charge on any atom is -0.495 e. The van der Waals surface area contributed by atoms with Crippen LogP contribution in [0.3, 0.4) is 0 Å². The van der Waals surface area contributed by atoms with Gasteiger partial charge in [0.15, 0.2) is 0 Å². The van der Waals surface area contributed by atoms with Crippen molar-refractivity contribution in [3.8, 4) is 5.75 Å². The number of amides is 1. The maximum absolute atomic E-state index is 13.6. The predicted octanol–water partition coefficient (Wildman–Crippen LogP) is 5.62. The third-order valence-corrected chi connectivity index (χ3v) is 9.94. The normalized spacial score (nSPS) is 16.3. The number of piperazine rings is 1. The highest BCUT2D eigenvalue weighted by molar-refractivity contribution is 7.89. The molecule has 0 radical (unpaired) electrons. The Morgan fingerprint density at radius 3 is 2.21 bits per heavy atom. The maximum atomic E-state index is 13.6. The molecule has 0 saturated carbocycles. The Kier molecular flexibility index (Phi) is 10.7. The van der Waals surface area contributed by atoms with Gasteiger partial charge in [0.2, 0.25) is 15.9 Å². The van der Waals surface area contributed by atoms with E-state index in [1.54, 1.807) is 29.6 Å². The van der Waals surface area contributed by atoms with Crippen LogP contribution in [-0.4, -0.2) is 63.4 Å². The van der Waals surface area contributed by atoms with Crippen molar-refractivity contribution < 1.29 is 17.9 Å². The van der Waals surface area contributed by atoms with Crippen molar-refractivity contribution in [1.82, 2.24) is 9.21 Å². The van der Waals surface area contributed by atoms with Crippen LogP contribution < -0.4 is 9.64 Å². The quantitative estimate of drug-likeness (QED) is 0.300. The van der Waals surface area contributed by atoms with Gasteiger partial charge in [-0.05, 0) is 42.2 Å². The van der Waals surface area contributed by atoms with Crippen molar-refractivity contribution in [1.29, 1.82) is 0 Å². The first kappa shape index (κ1) is 29.4. The largest absolute Gasteiger partial charge is 0.495 e. The molecule has 0 spiro atoms. The van der Waals surface area contributed by atoms with Crippen LogP contribution in [0.1, 0.15) is 75.8 Å². The van der Waals surface area contributed by atoms with E-state index in [0.717, 1.165) is 24.1 Å². The molecule has 2 aromatic rings. The fourth-order valence-corrected chi connectivity index (χ4v) is 7.11. The standard InChI is InChI=1S/C31H45N3O4S/c1-3-4-5-6-7-8-9-10-15-31(35)33-22-20-32(21-23-33)29-24-28(16-17-30(29)38-2)39(36,37)34-19-18-26-13-11-12-14-27(26)25-34/h11-14,16-17,24H,3-10,15,18-23,25H2,1-2H3. The molecule has 0 aromatic heterocycles. The number of unbranched alkanes of at least 4 members (excludes halogenated alkanes) is 7. The SMILES string of the molecule is CCCCCCCCCCC(=O)N1CCN(c2cc(S(=O)(=O)N3CCc4ccccc4C3)ccc2OC)CC1. The van der Waals surface area contributed by atoms with E-state index in [0.29, 0.717) is 57.9 Å². The molecule has 8 heteroatoms. The average Bonchev–Trinajstić information content (AvgIpc) is 2.97. The first-order valence-corrected chi connectivity index (χ1v) is 16.2. The monoisotopic (exact) mass is 555 g/mol. The van der Waals surface area contributed by atoms with E-state index in [2.05, 4.69) is 17.9 Å². The number of methoxy groups -OCH3 is 1. The number of nitrogens with zero attached hydrogens (tertiary/aromatic N) is 3. The molecule has 1 fully saturated rings. The number of anilines is 1. The van der Waals surface area contributed by atoms with Crippen LogP contribution in [0.2, 0.25) is 0 Å². The fraction of sp³-hybridized carbons (Fsp3) is 0.581. The van der Waals surface area contributed by atoms with Gasteiger partial charge in [-0.1, -0.05) is 76.1 Å². The zero-order valence-electron chi connectivity index (χ0n) is 23.7. The smallest absolute Gasteiger partial charge is 0.243 e. The average molecular weight is 556 g/mol. The van der Waals surface area contributed by atoms with E-state index >= 15 is 0 Å². The molecule has 7 nitrogen and oxygen atoms in total. The second-order valence-electron chi connectivity index (χ2n) is 10.8. The van der Waals surface area contributed by atoms with Gasteiger partial charge in [0.05, 0.1) is 17.7 Å². The lowest BCUT2D eigenvalue weighted by atomic mass is 10.0. The Morgan fingerprint density at radius 2 is 1.51 bits per heavy atom. The molecule has 2 aromatic carbocycles. The van der Waals surface area contributed by atoms with Crippen LogP contribution in [0.5, 0.6) is 5.75 Å². The molecule has 0 unspecified atom stereocenters. The molecule has 0 aliphatic carbocycles. The summed E-state index contributed by atoms with van der Waals surface area (Å²) in [4.78, 5) is 17.2. The predicted molar refractivity (Wildman–Crippen MR) is 157 cm³/mol. The van der Waals surface area contributed by atoms with Gasteiger partial charge in [-0.3, -0.25) is 4.79 Å². The number of benzene rings is 2. The van der Waals surface area contributed by atoms with Crippen LogP contribution >= 0.6 is 0 Å². The Labute approximate surface area is 235 Å². The van der Waals surface area contributed by atoms with Gasteiger partial charge in [-0.25, -0.2) is 8.42 Å². The Balaban J connectivity index is 1.32. The Bertz CT molecular complexity index is 1190. The third-order valence-electron chi connectivity index (χ3n) is 8.10. The zero-order chi connectivity index (χ0) is 27.7. The van der Waals surface area contributed by atoms with Crippen molar-refractivity contribution in [2.75, 3.05) is 44.7 Å². The molecule has 0 bridgehead atoms. The molecule has 214 valence electrons. The van der Waals surface area contributed by atoms with Gasteiger partial charge in [-0.2, -0.15) is 4.31 Å². The molecule has 1 amide bonds. The lowest BCUT2D eigenvalue weighted by molar-refractivity contribution is -0.131. The summed E-state index contributed by atoms with van der Waals surface area (Å²) in [5.41, 5.74) is 3.05. The van der Waals surface area contributed by atoms with Crippen molar-refractivity contribution in [2.45, 2.75) is 82.6 Å². The number of sulfonamides is 1. The van der Waals surface area contributed by atoms with E-state index in [1.807, 2.05) is 23.1 Å². The summed E-state index contributed by atoms with van der Waals surface area (Å²) in [6, 6.07) is 13.2. The van der Waals surface area contributed by atoms with Crippen LogP contribution in [0.4, 0.5) is 5.69 Å². The topological polar surface area (TPSA) is 70.2 Å². The maximum Gasteiger partial charge on any atom is 0.243 e. The van der Waals surface area contributed by atoms with E-state index in [9.17, 15) is 13.2 Å². The highest BCUT2D eigenvalue weighted by Crippen LogP contribution is 2.34. The van der Waals surface area contributed by atoms with Crippen LogP contribution in [0, 0.1) is 0 Å². The molecule has 2 heterocycles. The highest BCUT2D eigenvalue weighted by atomic mass is 32.2. The number of fused-ring (bicyclic) bond motifs is 1. The van der Waals surface area contributed by atoms with Gasteiger partial charge in [0.1, 0.15) is 5.75 Å². The zero-order valence-corrected chi connectivity index (χ0v) is 24.6. The summed E-state index contributed by atoms with van der Waals surface area (Å²) in [5, 5.41) is 0. The summed E-state index contributed by atoms with van der Waals surface area (Å²) in [6.45, 7) is 5.68. The number of carbonyl (C=O) groups excluding carboxylic acids is 1. The lowest BCUT2D eigenvalue weighted by Crippen LogP contribution is -2.48. The van der Waals surface area contributed by atoms with Gasteiger partial charge >= 0.3 is 0 Å². The molecular weight excluding hydrogens is 510 g/mol. The molecule has 39 heavy (non-hydrogen) atoms. The second kappa shape index (κ2) is 14.2. The molecule has 4 rings (SSSR count). The fourth-order valence-electron chi connectivity index (χ4n) is 5.67. The van der Waals surface area contributed by atoms with E-state index < -0.39 is 10.0 Å². The summed E-state index contributed by atoms with van der Waals surface area (Å²) in [6.07, 6.45) is 11.1. The Hall–Kier alpha value is -2.58. The van der Waals surface area contributed by atoms with Crippen LogP contribution in [-0.2, 0) is 27.8 Å². The number of rotatable bonds is 13. The highest BCUT2D eigenvalue weighted by Gasteiger charge is 2.30. The number of hydrogen-bond acceptors (Lipinski definition) is 5. The van der Waals surface area contributed by atoms with Crippen molar-refractivity contribution in [3.63, 3.8) is 0 Å². The first-order chi connectivity index (χ1) is 18.9. The molecule has 1 saturated heterocycles. The Morgan fingerprint density at radius 1 is 0.846 bits per heavy atom. The number of carbonyl (C=O) groups is 1. The van der Waals surface area contributed by atoms with Crippen LogP contribution in [0.25, 0.3) is 0 Å². The van der Waals surface area contributed by atoms with Crippen molar-refractivity contribution >= 4 is 21.6 Å². The van der Waals surface area contributed by atoms with Crippen LogP contribution in [0.15, 0.2) is 47.4 Å². The second-order valence-corrected chi connectivity index (χ2v) is 12.7. The minimum absolute atomic E-state index is 0.231. The van der Waals surface area contributed by atoms with E-state index in [-0.39, 0.29) is 10.8 Å². The number of ether oxygens (including phenoxy) is 1. The van der Waals surface area contributed by atoms with Gasteiger partial charge in [0, 0.05) is 45.7 Å². The third kappa shape index (κ3) is 7.54. The molecule has 0 atom stereocenters. The van der Waals surface area contributed by atoms with E-state index in [4.69, 9.17) is 4.74 Å². The summed E-state index contributed by atoms with van der Waals surface area (Å²) < 4.78 is 34.4. The summed E-state index contributed by atoms with van der Waals surface area (Å²) in [7, 11) is -2.04.